The molecule has 0 spiro atoms. The molecule has 0 aliphatic rings. The zero-order chi connectivity index (χ0) is 20.8. The SMILES string of the molecule is Cc1cccc(Cc2cccc(CCc3cccc(Oc4cccc(C)c4)c3)c2)c1. The Morgan fingerprint density at radius 1 is 0.500 bits per heavy atom. The molecule has 0 amide bonds. The minimum Gasteiger partial charge on any atom is -0.457 e. The molecule has 0 fully saturated rings. The highest BCUT2D eigenvalue weighted by molar-refractivity contribution is 5.36. The van der Waals surface area contributed by atoms with Crippen LogP contribution in [0.3, 0.4) is 0 Å². The van der Waals surface area contributed by atoms with E-state index in [1.807, 2.05) is 18.2 Å². The van der Waals surface area contributed by atoms with Gasteiger partial charge in [-0.05, 0) is 85.2 Å². The van der Waals surface area contributed by atoms with Gasteiger partial charge in [-0.3, -0.25) is 0 Å². The maximum atomic E-state index is 6.05. The van der Waals surface area contributed by atoms with Crippen LogP contribution in [0, 0.1) is 13.8 Å². The van der Waals surface area contributed by atoms with Crippen molar-refractivity contribution in [1.29, 1.82) is 0 Å². The summed E-state index contributed by atoms with van der Waals surface area (Å²) in [5.41, 5.74) is 7.93. The van der Waals surface area contributed by atoms with Crippen molar-refractivity contribution >= 4 is 0 Å². The summed E-state index contributed by atoms with van der Waals surface area (Å²) >= 11 is 0. The molecule has 1 heteroatoms. The van der Waals surface area contributed by atoms with E-state index in [1.165, 1.54) is 33.4 Å². The highest BCUT2D eigenvalue weighted by Crippen LogP contribution is 2.24. The third-order valence-electron chi connectivity index (χ3n) is 5.31. The Bertz CT molecular complexity index is 1040. The van der Waals surface area contributed by atoms with Crippen molar-refractivity contribution < 1.29 is 4.74 Å². The van der Waals surface area contributed by atoms with Gasteiger partial charge in [0.25, 0.3) is 0 Å². The van der Waals surface area contributed by atoms with Gasteiger partial charge in [0.05, 0.1) is 0 Å². The van der Waals surface area contributed by atoms with Crippen LogP contribution < -0.4 is 4.74 Å². The molecular formula is C29H28O. The molecule has 0 aliphatic carbocycles. The Kier molecular flexibility index (Phi) is 6.29. The standard InChI is InChI=1S/C29H28O/c1-22-7-3-11-26(17-22)20-27-12-5-9-24(19-27)15-16-25-10-6-14-29(21-25)30-28-13-4-8-23(2)18-28/h3-14,17-19,21H,15-16,20H2,1-2H3. The third-order valence-corrected chi connectivity index (χ3v) is 5.31. The second kappa shape index (κ2) is 9.45. The lowest BCUT2D eigenvalue weighted by molar-refractivity contribution is 0.481. The van der Waals surface area contributed by atoms with Crippen LogP contribution in [0.1, 0.15) is 33.4 Å². The second-order valence-corrected chi connectivity index (χ2v) is 8.05. The first-order valence-electron chi connectivity index (χ1n) is 10.6. The van der Waals surface area contributed by atoms with E-state index in [9.17, 15) is 0 Å². The van der Waals surface area contributed by atoms with E-state index < -0.39 is 0 Å². The zero-order valence-electron chi connectivity index (χ0n) is 17.8. The number of aryl methyl sites for hydroxylation is 4. The summed E-state index contributed by atoms with van der Waals surface area (Å²) in [4.78, 5) is 0. The van der Waals surface area contributed by atoms with Gasteiger partial charge < -0.3 is 4.74 Å². The molecule has 0 heterocycles. The highest BCUT2D eigenvalue weighted by atomic mass is 16.5. The average molecular weight is 393 g/mol. The normalized spacial score (nSPS) is 10.7. The summed E-state index contributed by atoms with van der Waals surface area (Å²) in [6.07, 6.45) is 3.00. The lowest BCUT2D eigenvalue weighted by Crippen LogP contribution is -1.95. The van der Waals surface area contributed by atoms with Crippen molar-refractivity contribution in [2.75, 3.05) is 0 Å². The van der Waals surface area contributed by atoms with E-state index in [0.29, 0.717) is 0 Å². The molecular weight excluding hydrogens is 364 g/mol. The summed E-state index contributed by atoms with van der Waals surface area (Å²) in [5, 5.41) is 0. The van der Waals surface area contributed by atoms with Gasteiger partial charge in [0, 0.05) is 0 Å². The predicted molar refractivity (Wildman–Crippen MR) is 126 cm³/mol. The van der Waals surface area contributed by atoms with E-state index in [-0.39, 0.29) is 0 Å². The van der Waals surface area contributed by atoms with Crippen molar-refractivity contribution in [1.82, 2.24) is 0 Å². The van der Waals surface area contributed by atoms with Gasteiger partial charge in [0.15, 0.2) is 0 Å². The molecule has 0 atom stereocenters. The predicted octanol–water partition coefficient (Wildman–Crippen LogP) is 7.47. The minimum absolute atomic E-state index is 0.885. The molecule has 30 heavy (non-hydrogen) atoms. The van der Waals surface area contributed by atoms with Gasteiger partial charge in [-0.2, -0.15) is 0 Å². The fourth-order valence-electron chi connectivity index (χ4n) is 3.82. The van der Waals surface area contributed by atoms with Crippen LogP contribution in [-0.2, 0) is 19.3 Å². The first-order valence-corrected chi connectivity index (χ1v) is 10.6. The fraction of sp³-hybridized carbons (Fsp3) is 0.172. The second-order valence-electron chi connectivity index (χ2n) is 8.05. The monoisotopic (exact) mass is 392 g/mol. The van der Waals surface area contributed by atoms with Crippen LogP contribution in [-0.4, -0.2) is 0 Å². The van der Waals surface area contributed by atoms with Gasteiger partial charge in [-0.1, -0.05) is 78.4 Å². The summed E-state index contributed by atoms with van der Waals surface area (Å²) < 4.78 is 6.05. The molecule has 4 rings (SSSR count). The van der Waals surface area contributed by atoms with Crippen molar-refractivity contribution in [3.8, 4) is 11.5 Å². The summed E-state index contributed by atoms with van der Waals surface area (Å²) in [5.74, 6) is 1.78. The molecule has 0 bridgehead atoms. The molecule has 150 valence electrons. The third kappa shape index (κ3) is 5.61. The van der Waals surface area contributed by atoms with Crippen LogP contribution in [0.5, 0.6) is 11.5 Å². The van der Waals surface area contributed by atoms with Crippen LogP contribution in [0.2, 0.25) is 0 Å². The molecule has 0 aliphatic heterocycles. The molecule has 0 radical (unpaired) electrons. The minimum atomic E-state index is 0.885. The Balaban J connectivity index is 1.40. The number of rotatable bonds is 7. The van der Waals surface area contributed by atoms with Gasteiger partial charge in [0.1, 0.15) is 11.5 Å². The van der Waals surface area contributed by atoms with Gasteiger partial charge in [-0.25, -0.2) is 0 Å². The number of ether oxygens (including phenoxy) is 1. The Morgan fingerprint density at radius 2 is 1.00 bits per heavy atom. The quantitative estimate of drug-likeness (QED) is 0.317. The van der Waals surface area contributed by atoms with E-state index in [1.54, 1.807) is 0 Å². The van der Waals surface area contributed by atoms with Crippen LogP contribution in [0.4, 0.5) is 0 Å². The van der Waals surface area contributed by atoms with Crippen molar-refractivity contribution in [2.24, 2.45) is 0 Å². The largest absolute Gasteiger partial charge is 0.457 e. The first-order chi connectivity index (χ1) is 14.6. The van der Waals surface area contributed by atoms with Crippen LogP contribution >= 0.6 is 0 Å². The summed E-state index contributed by atoms with van der Waals surface area (Å²) in [6, 6.07) is 34.3. The van der Waals surface area contributed by atoms with Crippen molar-refractivity contribution in [2.45, 2.75) is 33.1 Å². The Morgan fingerprint density at radius 3 is 1.70 bits per heavy atom. The van der Waals surface area contributed by atoms with E-state index in [0.717, 1.165) is 30.8 Å². The Hall–Kier alpha value is -3.32. The fourth-order valence-corrected chi connectivity index (χ4v) is 3.82. The van der Waals surface area contributed by atoms with Crippen LogP contribution in [0.25, 0.3) is 0 Å². The summed E-state index contributed by atoms with van der Waals surface area (Å²) in [6.45, 7) is 4.23. The van der Waals surface area contributed by atoms with E-state index >= 15 is 0 Å². The van der Waals surface area contributed by atoms with Crippen molar-refractivity contribution in [3.05, 3.63) is 130 Å². The van der Waals surface area contributed by atoms with Gasteiger partial charge >= 0.3 is 0 Å². The summed E-state index contributed by atoms with van der Waals surface area (Å²) in [7, 11) is 0. The van der Waals surface area contributed by atoms with Gasteiger partial charge in [-0.15, -0.1) is 0 Å². The number of benzene rings is 4. The average Bonchev–Trinajstić information content (AvgIpc) is 2.73. The lowest BCUT2D eigenvalue weighted by atomic mass is 9.98. The van der Waals surface area contributed by atoms with Gasteiger partial charge in [0.2, 0.25) is 0 Å². The molecule has 4 aromatic rings. The topological polar surface area (TPSA) is 9.23 Å². The molecule has 0 aromatic heterocycles. The molecule has 0 N–H and O–H groups in total. The molecule has 1 nitrogen and oxygen atoms in total. The lowest BCUT2D eigenvalue weighted by Gasteiger charge is -2.09. The zero-order valence-corrected chi connectivity index (χ0v) is 17.8. The van der Waals surface area contributed by atoms with Crippen LogP contribution in [0.15, 0.2) is 97.1 Å². The number of hydrogen-bond donors (Lipinski definition) is 0. The first kappa shape index (κ1) is 20.0. The van der Waals surface area contributed by atoms with Crippen molar-refractivity contribution in [3.63, 3.8) is 0 Å². The molecule has 0 unspecified atom stereocenters. The smallest absolute Gasteiger partial charge is 0.127 e. The molecule has 4 aromatic carbocycles. The maximum absolute atomic E-state index is 6.05. The highest BCUT2D eigenvalue weighted by Gasteiger charge is 2.03. The van der Waals surface area contributed by atoms with E-state index in [4.69, 9.17) is 4.74 Å². The molecule has 0 saturated carbocycles. The number of hydrogen-bond acceptors (Lipinski definition) is 1. The molecule has 0 saturated heterocycles. The Labute approximate surface area is 180 Å². The van der Waals surface area contributed by atoms with E-state index in [2.05, 4.69) is 92.7 Å². The maximum Gasteiger partial charge on any atom is 0.127 e.